The molecule has 0 unspecified atom stereocenters. The van der Waals surface area contributed by atoms with Crippen LogP contribution in [0.2, 0.25) is 0 Å². The van der Waals surface area contributed by atoms with Gasteiger partial charge in [-0.2, -0.15) is 18.3 Å². The molecule has 9 nitrogen and oxygen atoms in total. The normalized spacial score (nSPS) is 11.0. The van der Waals surface area contributed by atoms with Gasteiger partial charge in [0.05, 0.1) is 18.9 Å². The van der Waals surface area contributed by atoms with Crippen molar-refractivity contribution in [3.05, 3.63) is 83.9 Å². The minimum atomic E-state index is -4.59. The van der Waals surface area contributed by atoms with Crippen molar-refractivity contribution in [3.63, 3.8) is 0 Å². The number of carbonyl (C=O) groups excluding carboxylic acids is 3. The van der Waals surface area contributed by atoms with Gasteiger partial charge in [-0.1, -0.05) is 6.07 Å². The second kappa shape index (κ2) is 12.2. The van der Waals surface area contributed by atoms with Gasteiger partial charge in [-0.05, 0) is 72.3 Å². The standard InChI is InChI=1S/C25H21F3N4O5/c1-36-20-11-7-18(8-12-20)30-22(33)15-37-21-9-5-16(6-10-21)14-29-32-24(35)23(34)31-19-4-2-3-17(13-19)25(26,27)28/h2-14H,15H2,1H3,(H,30,33)(H,31,34)(H,32,35)/b29-14-. The van der Waals surface area contributed by atoms with Gasteiger partial charge in [0.25, 0.3) is 5.91 Å². The molecule has 0 aliphatic heterocycles. The molecular weight excluding hydrogens is 493 g/mol. The predicted octanol–water partition coefficient (Wildman–Crippen LogP) is 3.82. The fourth-order valence-corrected chi connectivity index (χ4v) is 2.85. The van der Waals surface area contributed by atoms with Crippen LogP contribution >= 0.6 is 0 Å². The van der Waals surface area contributed by atoms with E-state index in [9.17, 15) is 27.6 Å². The zero-order valence-electron chi connectivity index (χ0n) is 19.3. The highest BCUT2D eigenvalue weighted by molar-refractivity contribution is 6.39. The number of nitrogens with one attached hydrogen (secondary N) is 3. The van der Waals surface area contributed by atoms with E-state index < -0.39 is 23.6 Å². The number of methoxy groups -OCH3 is 1. The molecule has 12 heteroatoms. The summed E-state index contributed by atoms with van der Waals surface area (Å²) in [5.41, 5.74) is 1.96. The highest BCUT2D eigenvalue weighted by Crippen LogP contribution is 2.30. The van der Waals surface area contributed by atoms with E-state index in [0.29, 0.717) is 28.8 Å². The van der Waals surface area contributed by atoms with Crippen LogP contribution in [0, 0.1) is 0 Å². The SMILES string of the molecule is COc1ccc(NC(=O)COc2ccc(/C=N\NC(=O)C(=O)Nc3cccc(C(F)(F)F)c3)cc2)cc1. The van der Waals surface area contributed by atoms with E-state index in [2.05, 4.69) is 15.7 Å². The molecule has 0 aliphatic rings. The number of ether oxygens (including phenoxy) is 2. The van der Waals surface area contributed by atoms with Crippen LogP contribution in [0.1, 0.15) is 11.1 Å². The number of hydrazone groups is 1. The van der Waals surface area contributed by atoms with Gasteiger partial charge in [0, 0.05) is 11.4 Å². The van der Waals surface area contributed by atoms with Crippen LogP contribution in [-0.4, -0.2) is 37.7 Å². The van der Waals surface area contributed by atoms with Gasteiger partial charge in [-0.3, -0.25) is 14.4 Å². The Balaban J connectivity index is 1.44. The maximum Gasteiger partial charge on any atom is 0.416 e. The van der Waals surface area contributed by atoms with Crippen molar-refractivity contribution in [3.8, 4) is 11.5 Å². The first kappa shape index (κ1) is 26.7. The highest BCUT2D eigenvalue weighted by atomic mass is 19.4. The van der Waals surface area contributed by atoms with Gasteiger partial charge in [-0.15, -0.1) is 0 Å². The molecule has 3 aromatic carbocycles. The summed E-state index contributed by atoms with van der Waals surface area (Å²) in [7, 11) is 1.54. The number of nitrogens with zero attached hydrogens (tertiary/aromatic N) is 1. The summed E-state index contributed by atoms with van der Waals surface area (Å²) in [6.45, 7) is -0.226. The number of anilines is 2. The number of carbonyl (C=O) groups is 3. The number of hydrogen-bond donors (Lipinski definition) is 3. The predicted molar refractivity (Wildman–Crippen MR) is 129 cm³/mol. The Hall–Kier alpha value is -4.87. The Labute approximate surface area is 209 Å². The van der Waals surface area contributed by atoms with Crippen LogP contribution < -0.4 is 25.5 Å². The zero-order valence-corrected chi connectivity index (χ0v) is 19.3. The van der Waals surface area contributed by atoms with Gasteiger partial charge >= 0.3 is 18.0 Å². The van der Waals surface area contributed by atoms with Gasteiger partial charge < -0.3 is 20.1 Å². The molecule has 0 aliphatic carbocycles. The average molecular weight is 514 g/mol. The number of halogens is 3. The first-order valence-electron chi connectivity index (χ1n) is 10.6. The number of rotatable bonds is 8. The second-order valence-electron chi connectivity index (χ2n) is 7.37. The highest BCUT2D eigenvalue weighted by Gasteiger charge is 2.30. The third-order valence-electron chi connectivity index (χ3n) is 4.66. The summed E-state index contributed by atoms with van der Waals surface area (Å²) in [4.78, 5) is 35.8. The third-order valence-corrected chi connectivity index (χ3v) is 4.66. The molecule has 0 spiro atoms. The minimum Gasteiger partial charge on any atom is -0.497 e. The van der Waals surface area contributed by atoms with Crippen molar-refractivity contribution in [2.24, 2.45) is 5.10 Å². The zero-order chi connectivity index (χ0) is 26.8. The van der Waals surface area contributed by atoms with Gasteiger partial charge in [0.2, 0.25) is 0 Å². The molecule has 0 aromatic heterocycles. The summed E-state index contributed by atoms with van der Waals surface area (Å²) < 4.78 is 48.8. The number of amides is 3. The lowest BCUT2D eigenvalue weighted by atomic mass is 10.2. The molecule has 0 radical (unpaired) electrons. The number of hydrogen-bond acceptors (Lipinski definition) is 6. The Bertz CT molecular complexity index is 1280. The van der Waals surface area contributed by atoms with Crippen molar-refractivity contribution in [2.75, 3.05) is 24.4 Å². The van der Waals surface area contributed by atoms with Crippen molar-refractivity contribution in [2.45, 2.75) is 6.18 Å². The quantitative estimate of drug-likeness (QED) is 0.240. The van der Waals surface area contributed by atoms with Gasteiger partial charge in [-0.25, -0.2) is 5.43 Å². The molecule has 0 bridgehead atoms. The maximum absolute atomic E-state index is 12.8. The molecule has 0 heterocycles. The van der Waals surface area contributed by atoms with Crippen molar-refractivity contribution >= 4 is 35.3 Å². The Morgan fingerprint density at radius 2 is 1.54 bits per heavy atom. The monoisotopic (exact) mass is 514 g/mol. The minimum absolute atomic E-state index is 0.188. The number of benzene rings is 3. The first-order chi connectivity index (χ1) is 17.6. The van der Waals surface area contributed by atoms with Crippen LogP contribution in [0.25, 0.3) is 0 Å². The lowest BCUT2D eigenvalue weighted by Crippen LogP contribution is -2.32. The first-order valence-corrected chi connectivity index (χ1v) is 10.6. The van der Waals surface area contributed by atoms with E-state index in [1.165, 1.54) is 12.3 Å². The maximum atomic E-state index is 12.8. The van der Waals surface area contributed by atoms with Gasteiger partial charge in [0.15, 0.2) is 6.61 Å². The third kappa shape index (κ3) is 8.38. The molecule has 192 valence electrons. The summed E-state index contributed by atoms with van der Waals surface area (Å²) in [6.07, 6.45) is -3.34. The summed E-state index contributed by atoms with van der Waals surface area (Å²) in [6, 6.07) is 17.0. The van der Waals surface area contributed by atoms with Crippen molar-refractivity contribution < 1.29 is 37.0 Å². The fraction of sp³-hybridized carbons (Fsp3) is 0.120. The van der Waals surface area contributed by atoms with Gasteiger partial charge in [0.1, 0.15) is 11.5 Å². The molecule has 0 atom stereocenters. The largest absolute Gasteiger partial charge is 0.497 e. The lowest BCUT2D eigenvalue weighted by Gasteiger charge is -2.09. The molecule has 3 N–H and O–H groups in total. The van der Waals surface area contributed by atoms with Crippen LogP contribution in [0.3, 0.4) is 0 Å². The Kier molecular flexibility index (Phi) is 8.81. The number of alkyl halides is 3. The van der Waals surface area contributed by atoms with E-state index in [1.54, 1.807) is 55.6 Å². The van der Waals surface area contributed by atoms with Crippen LogP contribution in [-0.2, 0) is 20.6 Å². The summed E-state index contributed by atoms with van der Waals surface area (Å²) in [5, 5.41) is 8.40. The lowest BCUT2D eigenvalue weighted by molar-refractivity contribution is -0.137. The molecule has 3 rings (SSSR count). The summed E-state index contributed by atoms with van der Waals surface area (Å²) in [5.74, 6) is -1.64. The van der Waals surface area contributed by atoms with E-state index in [0.717, 1.165) is 12.1 Å². The summed E-state index contributed by atoms with van der Waals surface area (Å²) >= 11 is 0. The molecule has 0 saturated carbocycles. The smallest absolute Gasteiger partial charge is 0.416 e. The fourth-order valence-electron chi connectivity index (χ4n) is 2.85. The molecule has 37 heavy (non-hydrogen) atoms. The van der Waals surface area contributed by atoms with E-state index in [4.69, 9.17) is 9.47 Å². The second-order valence-corrected chi connectivity index (χ2v) is 7.37. The van der Waals surface area contributed by atoms with Crippen LogP contribution in [0.15, 0.2) is 77.9 Å². The van der Waals surface area contributed by atoms with Crippen molar-refractivity contribution in [1.82, 2.24) is 5.43 Å². The van der Waals surface area contributed by atoms with Crippen LogP contribution in [0.5, 0.6) is 11.5 Å². The molecule has 0 fully saturated rings. The Morgan fingerprint density at radius 3 is 2.19 bits per heavy atom. The molecule has 3 amide bonds. The Morgan fingerprint density at radius 1 is 0.865 bits per heavy atom. The molecular formula is C25H21F3N4O5. The van der Waals surface area contributed by atoms with E-state index in [-0.39, 0.29) is 18.2 Å². The molecule has 3 aromatic rings. The molecule has 0 saturated heterocycles. The average Bonchev–Trinajstić information content (AvgIpc) is 2.88. The van der Waals surface area contributed by atoms with Crippen LogP contribution in [0.4, 0.5) is 24.5 Å². The van der Waals surface area contributed by atoms with E-state index >= 15 is 0 Å². The van der Waals surface area contributed by atoms with E-state index in [1.807, 2.05) is 5.43 Å². The van der Waals surface area contributed by atoms with Crippen molar-refractivity contribution in [1.29, 1.82) is 0 Å². The topological polar surface area (TPSA) is 118 Å².